The van der Waals surface area contributed by atoms with Gasteiger partial charge in [0.05, 0.1) is 17.3 Å². The molecule has 140 valence electrons. The normalized spacial score (nSPS) is 13.0. The zero-order valence-electron chi connectivity index (χ0n) is 15.2. The fourth-order valence-electron chi connectivity index (χ4n) is 2.83. The lowest BCUT2D eigenvalue weighted by Gasteiger charge is -2.15. The number of hydrogen-bond acceptors (Lipinski definition) is 4. The lowest BCUT2D eigenvalue weighted by atomic mass is 10.1. The summed E-state index contributed by atoms with van der Waals surface area (Å²) in [5.41, 5.74) is 2.31. The van der Waals surface area contributed by atoms with Gasteiger partial charge in [0.15, 0.2) is 4.80 Å². The Bertz CT molecular complexity index is 1070. The van der Waals surface area contributed by atoms with Crippen LogP contribution in [0.2, 0.25) is 5.02 Å². The Morgan fingerprint density at radius 1 is 1.22 bits per heavy atom. The number of hydrogen-bond donors (Lipinski definition) is 0. The average molecular weight is 403 g/mol. The number of methoxy groups -OCH3 is 1. The summed E-state index contributed by atoms with van der Waals surface area (Å²) in [5, 5.41) is 0.546. The maximum atomic E-state index is 12.7. The SMILES string of the molecule is CCC(C(=O)OC)n1c(=NC(=O)c2ccc(C)cc2)sc2ccc(Cl)cc21. The number of benzene rings is 2. The van der Waals surface area contributed by atoms with Gasteiger partial charge in [-0.25, -0.2) is 4.79 Å². The van der Waals surface area contributed by atoms with Crippen molar-refractivity contribution < 1.29 is 14.3 Å². The van der Waals surface area contributed by atoms with Crippen LogP contribution >= 0.6 is 22.9 Å². The Kier molecular flexibility index (Phi) is 5.77. The predicted octanol–water partition coefficient (Wildman–Crippen LogP) is 4.53. The molecule has 7 heteroatoms. The molecule has 1 atom stereocenters. The van der Waals surface area contributed by atoms with E-state index in [0.29, 0.717) is 21.8 Å². The molecule has 3 aromatic rings. The first-order valence-corrected chi connectivity index (χ1v) is 9.68. The molecule has 0 aliphatic heterocycles. The number of ether oxygens (including phenoxy) is 1. The van der Waals surface area contributed by atoms with Crippen molar-refractivity contribution in [1.82, 2.24) is 4.57 Å². The number of amides is 1. The number of fused-ring (bicyclic) bond motifs is 1. The van der Waals surface area contributed by atoms with Gasteiger partial charge in [0.1, 0.15) is 6.04 Å². The molecule has 0 saturated carbocycles. The van der Waals surface area contributed by atoms with E-state index in [-0.39, 0.29) is 11.9 Å². The van der Waals surface area contributed by atoms with Gasteiger partial charge in [0.25, 0.3) is 5.91 Å². The van der Waals surface area contributed by atoms with Crippen molar-refractivity contribution in [2.45, 2.75) is 26.3 Å². The Morgan fingerprint density at radius 2 is 1.93 bits per heavy atom. The average Bonchev–Trinajstić information content (AvgIpc) is 3.00. The van der Waals surface area contributed by atoms with E-state index in [1.54, 1.807) is 28.8 Å². The van der Waals surface area contributed by atoms with E-state index in [1.165, 1.54) is 18.4 Å². The second-order valence-electron chi connectivity index (χ2n) is 6.10. The highest BCUT2D eigenvalue weighted by molar-refractivity contribution is 7.16. The van der Waals surface area contributed by atoms with Crippen LogP contribution in [0, 0.1) is 6.92 Å². The van der Waals surface area contributed by atoms with Crippen LogP contribution in [-0.2, 0) is 9.53 Å². The van der Waals surface area contributed by atoms with Crippen molar-refractivity contribution >= 4 is 45.0 Å². The summed E-state index contributed by atoms with van der Waals surface area (Å²) in [6.45, 7) is 3.84. The molecular formula is C20H19ClN2O3S. The van der Waals surface area contributed by atoms with Crippen molar-refractivity contribution in [3.8, 4) is 0 Å². The molecule has 0 radical (unpaired) electrons. The highest BCUT2D eigenvalue weighted by Crippen LogP contribution is 2.26. The number of halogens is 1. The zero-order chi connectivity index (χ0) is 19.6. The van der Waals surface area contributed by atoms with Crippen LogP contribution in [0.4, 0.5) is 0 Å². The van der Waals surface area contributed by atoms with E-state index >= 15 is 0 Å². The van der Waals surface area contributed by atoms with Gasteiger partial charge in [0, 0.05) is 10.6 Å². The van der Waals surface area contributed by atoms with Gasteiger partial charge in [-0.1, -0.05) is 47.6 Å². The monoisotopic (exact) mass is 402 g/mol. The lowest BCUT2D eigenvalue weighted by Crippen LogP contribution is -2.28. The number of aryl methyl sites for hydroxylation is 1. The molecule has 2 aromatic carbocycles. The highest BCUT2D eigenvalue weighted by Gasteiger charge is 2.23. The lowest BCUT2D eigenvalue weighted by molar-refractivity contribution is -0.144. The van der Waals surface area contributed by atoms with Crippen LogP contribution < -0.4 is 4.80 Å². The Balaban J connectivity index is 2.22. The number of thiazole rings is 1. The molecule has 0 aliphatic rings. The van der Waals surface area contributed by atoms with Gasteiger partial charge in [-0.05, 0) is 43.7 Å². The third kappa shape index (κ3) is 3.96. The molecule has 5 nitrogen and oxygen atoms in total. The third-order valence-corrected chi connectivity index (χ3v) is 5.53. The summed E-state index contributed by atoms with van der Waals surface area (Å²) in [7, 11) is 1.35. The molecule has 1 aromatic heterocycles. The number of esters is 1. The molecule has 0 fully saturated rings. The van der Waals surface area contributed by atoms with Gasteiger partial charge in [-0.2, -0.15) is 4.99 Å². The second-order valence-corrected chi connectivity index (χ2v) is 7.54. The van der Waals surface area contributed by atoms with Crippen LogP contribution in [0.3, 0.4) is 0 Å². The molecule has 1 amide bonds. The summed E-state index contributed by atoms with van der Waals surface area (Å²) >= 11 is 7.49. The van der Waals surface area contributed by atoms with E-state index in [1.807, 2.05) is 32.0 Å². The van der Waals surface area contributed by atoms with Gasteiger partial charge < -0.3 is 9.30 Å². The third-order valence-electron chi connectivity index (χ3n) is 4.26. The summed E-state index contributed by atoms with van der Waals surface area (Å²) in [5.74, 6) is -0.748. The molecule has 0 aliphatic carbocycles. The fraction of sp³-hybridized carbons (Fsp3) is 0.250. The van der Waals surface area contributed by atoms with Crippen molar-refractivity contribution in [2.75, 3.05) is 7.11 Å². The predicted molar refractivity (Wildman–Crippen MR) is 107 cm³/mol. The van der Waals surface area contributed by atoms with Crippen LogP contribution in [0.15, 0.2) is 47.5 Å². The van der Waals surface area contributed by atoms with Crippen molar-refractivity contribution in [3.05, 3.63) is 63.4 Å². The van der Waals surface area contributed by atoms with Crippen molar-refractivity contribution in [3.63, 3.8) is 0 Å². The summed E-state index contributed by atoms with van der Waals surface area (Å²) < 4.78 is 7.58. The van der Waals surface area contributed by atoms with Crippen LogP contribution in [0.1, 0.15) is 35.3 Å². The number of aromatic nitrogens is 1. The first-order valence-electron chi connectivity index (χ1n) is 8.48. The van der Waals surface area contributed by atoms with Gasteiger partial charge in [-0.15, -0.1) is 0 Å². The largest absolute Gasteiger partial charge is 0.467 e. The molecule has 1 unspecified atom stereocenters. The Morgan fingerprint density at radius 3 is 2.56 bits per heavy atom. The minimum absolute atomic E-state index is 0.360. The molecule has 0 bridgehead atoms. The quantitative estimate of drug-likeness (QED) is 0.602. The smallest absolute Gasteiger partial charge is 0.328 e. The van der Waals surface area contributed by atoms with Crippen LogP contribution in [0.25, 0.3) is 10.2 Å². The maximum absolute atomic E-state index is 12.7. The van der Waals surface area contributed by atoms with E-state index in [0.717, 1.165) is 15.8 Å². The van der Waals surface area contributed by atoms with Crippen molar-refractivity contribution in [2.24, 2.45) is 4.99 Å². The molecule has 27 heavy (non-hydrogen) atoms. The molecule has 1 heterocycles. The van der Waals surface area contributed by atoms with Gasteiger partial charge in [-0.3, -0.25) is 4.79 Å². The summed E-state index contributed by atoms with van der Waals surface area (Å²) in [4.78, 5) is 29.7. The summed E-state index contributed by atoms with van der Waals surface area (Å²) in [6, 6.07) is 12.0. The summed E-state index contributed by atoms with van der Waals surface area (Å²) in [6.07, 6.45) is 0.497. The molecule has 0 N–H and O–H groups in total. The molecule has 0 spiro atoms. The van der Waals surface area contributed by atoms with Crippen LogP contribution in [-0.4, -0.2) is 23.6 Å². The van der Waals surface area contributed by atoms with E-state index in [2.05, 4.69) is 4.99 Å². The Labute approximate surface area is 165 Å². The zero-order valence-corrected chi connectivity index (χ0v) is 16.8. The number of nitrogens with zero attached hydrogens (tertiary/aromatic N) is 2. The second kappa shape index (κ2) is 8.06. The van der Waals surface area contributed by atoms with E-state index in [9.17, 15) is 9.59 Å². The van der Waals surface area contributed by atoms with Gasteiger partial charge in [0.2, 0.25) is 0 Å². The Hall–Kier alpha value is -2.44. The topological polar surface area (TPSA) is 60.7 Å². The molecule has 3 rings (SSSR count). The van der Waals surface area contributed by atoms with E-state index < -0.39 is 6.04 Å². The first kappa shape index (κ1) is 19.3. The fourth-order valence-corrected chi connectivity index (χ4v) is 4.05. The first-order chi connectivity index (χ1) is 12.9. The van der Waals surface area contributed by atoms with Crippen LogP contribution in [0.5, 0.6) is 0 Å². The number of carbonyl (C=O) groups excluding carboxylic acids is 2. The maximum Gasteiger partial charge on any atom is 0.328 e. The number of carbonyl (C=O) groups is 2. The minimum atomic E-state index is -0.591. The van der Waals surface area contributed by atoms with Gasteiger partial charge >= 0.3 is 5.97 Å². The molecular weight excluding hydrogens is 384 g/mol. The minimum Gasteiger partial charge on any atom is -0.467 e. The molecule has 0 saturated heterocycles. The number of rotatable bonds is 4. The van der Waals surface area contributed by atoms with Crippen molar-refractivity contribution in [1.29, 1.82) is 0 Å². The van der Waals surface area contributed by atoms with E-state index in [4.69, 9.17) is 16.3 Å². The highest BCUT2D eigenvalue weighted by atomic mass is 35.5. The standard InChI is InChI=1S/C20H19ClN2O3S/c1-4-15(19(25)26-3)23-16-11-14(21)9-10-17(16)27-20(23)22-18(24)13-7-5-12(2)6-8-13/h5-11,15H,4H2,1-3H3.